The van der Waals surface area contributed by atoms with Crippen LogP contribution in [0.3, 0.4) is 0 Å². The van der Waals surface area contributed by atoms with E-state index in [9.17, 15) is 9.59 Å². The molecule has 0 spiro atoms. The van der Waals surface area contributed by atoms with Gasteiger partial charge in [-0.05, 0) is 62.9 Å². The summed E-state index contributed by atoms with van der Waals surface area (Å²) in [5.41, 5.74) is 3.51. The summed E-state index contributed by atoms with van der Waals surface area (Å²) in [4.78, 5) is 24.7. The van der Waals surface area contributed by atoms with Crippen LogP contribution in [0.2, 0.25) is 0 Å². The first-order valence-electron chi connectivity index (χ1n) is 10.1. The van der Waals surface area contributed by atoms with Crippen LogP contribution in [0.5, 0.6) is 0 Å². The first-order chi connectivity index (χ1) is 14.2. The summed E-state index contributed by atoms with van der Waals surface area (Å²) in [5, 5.41) is 14.2. The Kier molecular flexibility index (Phi) is 5.71. The zero-order valence-corrected chi connectivity index (χ0v) is 16.5. The van der Waals surface area contributed by atoms with Crippen LogP contribution in [0.25, 0.3) is 11.8 Å². The Morgan fingerprint density at radius 3 is 2.55 bits per heavy atom. The molecular weight excluding hydrogens is 370 g/mol. The molecule has 8 heteroatoms. The molecule has 0 atom stereocenters. The fourth-order valence-electron chi connectivity index (χ4n) is 3.24. The van der Waals surface area contributed by atoms with Gasteiger partial charge in [-0.15, -0.1) is 5.10 Å². The lowest BCUT2D eigenvalue weighted by Gasteiger charge is -2.15. The van der Waals surface area contributed by atoms with Crippen molar-refractivity contribution in [3.63, 3.8) is 0 Å². The van der Waals surface area contributed by atoms with Crippen molar-refractivity contribution in [2.75, 3.05) is 19.8 Å². The highest BCUT2D eigenvalue weighted by Crippen LogP contribution is 2.23. The zero-order chi connectivity index (χ0) is 20.2. The molecule has 29 heavy (non-hydrogen) atoms. The van der Waals surface area contributed by atoms with Crippen molar-refractivity contribution in [2.45, 2.75) is 38.6 Å². The number of carbonyl (C=O) groups is 2. The van der Waals surface area contributed by atoms with Gasteiger partial charge in [-0.1, -0.05) is 10.8 Å². The van der Waals surface area contributed by atoms with E-state index in [0.717, 1.165) is 31.4 Å². The average molecular weight is 395 g/mol. The smallest absolute Gasteiger partial charge is 0.274 e. The fourth-order valence-corrected chi connectivity index (χ4v) is 3.24. The number of rotatable bonds is 6. The molecule has 1 aliphatic carbocycles. The topological polar surface area (TPSA) is 98.1 Å². The van der Waals surface area contributed by atoms with E-state index < -0.39 is 0 Å². The van der Waals surface area contributed by atoms with Crippen molar-refractivity contribution >= 4 is 17.9 Å². The summed E-state index contributed by atoms with van der Waals surface area (Å²) in [6, 6.07) is 7.36. The van der Waals surface area contributed by atoms with Gasteiger partial charge in [0.1, 0.15) is 5.69 Å². The van der Waals surface area contributed by atoms with Crippen molar-refractivity contribution in [1.29, 1.82) is 0 Å². The number of aromatic nitrogens is 3. The molecule has 0 unspecified atom stereocenters. The molecule has 0 bridgehead atoms. The number of nitrogens with zero attached hydrogens (tertiary/aromatic N) is 3. The van der Waals surface area contributed by atoms with E-state index in [1.54, 1.807) is 16.8 Å². The van der Waals surface area contributed by atoms with Crippen molar-refractivity contribution in [3.8, 4) is 5.69 Å². The van der Waals surface area contributed by atoms with E-state index in [0.29, 0.717) is 36.7 Å². The Morgan fingerprint density at radius 2 is 1.90 bits per heavy atom. The molecule has 1 aliphatic heterocycles. The Bertz CT molecular complexity index is 920. The number of benzene rings is 1. The second-order valence-corrected chi connectivity index (χ2v) is 7.30. The standard InChI is InChI=1S/C21H25N5O3/c1-2-22-20(27)15-3-7-17(8-4-15)26-18(13-14-9-11-29-12-10-14)19(24-25-26)21(28)23-16-5-6-16/h3-4,7-8,13,16H,2,5-6,9-12H2,1H3,(H,22,27)(H,23,28). The molecule has 2 amide bonds. The van der Waals surface area contributed by atoms with Crippen LogP contribution < -0.4 is 10.6 Å². The van der Waals surface area contributed by atoms with Gasteiger partial charge in [0.25, 0.3) is 11.8 Å². The van der Waals surface area contributed by atoms with Gasteiger partial charge in [0.2, 0.25) is 0 Å². The second-order valence-electron chi connectivity index (χ2n) is 7.30. The summed E-state index contributed by atoms with van der Waals surface area (Å²) >= 11 is 0. The molecule has 0 radical (unpaired) electrons. The van der Waals surface area contributed by atoms with Crippen LogP contribution in [0, 0.1) is 0 Å². The maximum absolute atomic E-state index is 12.7. The highest BCUT2D eigenvalue weighted by Gasteiger charge is 2.27. The van der Waals surface area contributed by atoms with Crippen molar-refractivity contribution in [3.05, 3.63) is 46.8 Å². The predicted molar refractivity (Wildman–Crippen MR) is 108 cm³/mol. The minimum atomic E-state index is -0.198. The number of hydrogen-bond acceptors (Lipinski definition) is 5. The molecule has 4 rings (SSSR count). The predicted octanol–water partition coefficient (Wildman–Crippen LogP) is 2.10. The van der Waals surface area contributed by atoms with Gasteiger partial charge in [-0.25, -0.2) is 4.68 Å². The molecule has 2 aliphatic rings. The van der Waals surface area contributed by atoms with Crippen LogP contribution in [0.15, 0.2) is 29.8 Å². The fraction of sp³-hybridized carbons (Fsp3) is 0.429. The minimum Gasteiger partial charge on any atom is -0.381 e. The molecule has 2 fully saturated rings. The Labute approximate surface area is 169 Å². The van der Waals surface area contributed by atoms with Gasteiger partial charge >= 0.3 is 0 Å². The van der Waals surface area contributed by atoms with E-state index in [4.69, 9.17) is 4.74 Å². The van der Waals surface area contributed by atoms with Gasteiger partial charge in [-0.3, -0.25) is 9.59 Å². The number of nitrogens with one attached hydrogen (secondary N) is 2. The van der Waals surface area contributed by atoms with Gasteiger partial charge in [0, 0.05) is 18.2 Å². The van der Waals surface area contributed by atoms with Crippen molar-refractivity contribution < 1.29 is 14.3 Å². The van der Waals surface area contributed by atoms with E-state index >= 15 is 0 Å². The molecule has 1 aromatic heterocycles. The van der Waals surface area contributed by atoms with E-state index in [2.05, 4.69) is 20.9 Å². The van der Waals surface area contributed by atoms with E-state index in [-0.39, 0.29) is 17.9 Å². The SMILES string of the molecule is CCNC(=O)c1ccc(-n2nnc(C(=O)NC3CC3)c2C=C2CCOCC2)cc1. The third-order valence-corrected chi connectivity index (χ3v) is 5.02. The molecular formula is C21H25N5O3. The van der Waals surface area contributed by atoms with E-state index in [1.165, 1.54) is 5.57 Å². The molecule has 2 aromatic rings. The Hall–Kier alpha value is -3.00. The number of hydrogen-bond donors (Lipinski definition) is 2. The molecule has 8 nitrogen and oxygen atoms in total. The van der Waals surface area contributed by atoms with Crippen LogP contribution in [-0.4, -0.2) is 52.6 Å². The summed E-state index contributed by atoms with van der Waals surface area (Å²) in [7, 11) is 0. The monoisotopic (exact) mass is 395 g/mol. The quantitative estimate of drug-likeness (QED) is 0.781. The largest absolute Gasteiger partial charge is 0.381 e. The molecule has 152 valence electrons. The molecule has 1 saturated carbocycles. The molecule has 2 N–H and O–H groups in total. The third-order valence-electron chi connectivity index (χ3n) is 5.02. The maximum atomic E-state index is 12.7. The lowest BCUT2D eigenvalue weighted by molar-refractivity contribution is 0.0941. The van der Waals surface area contributed by atoms with Crippen molar-refractivity contribution in [1.82, 2.24) is 25.6 Å². The molecule has 2 heterocycles. The third kappa shape index (κ3) is 4.54. The van der Waals surface area contributed by atoms with Crippen LogP contribution in [-0.2, 0) is 4.74 Å². The zero-order valence-electron chi connectivity index (χ0n) is 16.5. The highest BCUT2D eigenvalue weighted by molar-refractivity contribution is 5.96. The van der Waals surface area contributed by atoms with Crippen LogP contribution in [0.1, 0.15) is 59.1 Å². The van der Waals surface area contributed by atoms with E-state index in [1.807, 2.05) is 25.1 Å². The van der Waals surface area contributed by atoms with Gasteiger partial charge in [0.15, 0.2) is 5.69 Å². The van der Waals surface area contributed by atoms with Gasteiger partial charge < -0.3 is 15.4 Å². The summed E-state index contributed by atoms with van der Waals surface area (Å²) < 4.78 is 7.09. The van der Waals surface area contributed by atoms with Gasteiger partial charge in [0.05, 0.1) is 18.9 Å². The number of ether oxygens (including phenoxy) is 1. The maximum Gasteiger partial charge on any atom is 0.274 e. The summed E-state index contributed by atoms with van der Waals surface area (Å²) in [6.07, 6.45) is 5.67. The molecule has 1 saturated heterocycles. The Morgan fingerprint density at radius 1 is 1.17 bits per heavy atom. The van der Waals surface area contributed by atoms with Crippen LogP contribution >= 0.6 is 0 Å². The number of carbonyl (C=O) groups excluding carboxylic acids is 2. The summed E-state index contributed by atoms with van der Waals surface area (Å²) in [6.45, 7) is 3.81. The number of amides is 2. The minimum absolute atomic E-state index is 0.119. The van der Waals surface area contributed by atoms with Gasteiger partial charge in [-0.2, -0.15) is 0 Å². The molecule has 1 aromatic carbocycles. The highest BCUT2D eigenvalue weighted by atomic mass is 16.5. The second kappa shape index (κ2) is 8.57. The average Bonchev–Trinajstić information content (AvgIpc) is 3.46. The summed E-state index contributed by atoms with van der Waals surface area (Å²) in [5.74, 6) is -0.316. The van der Waals surface area contributed by atoms with Crippen LogP contribution in [0.4, 0.5) is 0 Å². The Balaban J connectivity index is 1.67. The first-order valence-corrected chi connectivity index (χ1v) is 10.1. The normalized spacial score (nSPS) is 16.4. The lowest BCUT2D eigenvalue weighted by Crippen LogP contribution is -2.26. The van der Waals surface area contributed by atoms with Crippen molar-refractivity contribution in [2.24, 2.45) is 0 Å². The first kappa shape index (κ1) is 19.3. The lowest BCUT2D eigenvalue weighted by atomic mass is 10.1.